The van der Waals surface area contributed by atoms with E-state index in [-0.39, 0.29) is 0 Å². The molecule has 0 atom stereocenters. The first-order chi connectivity index (χ1) is 10.4. The first-order valence-corrected chi connectivity index (χ1v) is 6.87. The van der Waals surface area contributed by atoms with Gasteiger partial charge < -0.3 is 0 Å². The van der Waals surface area contributed by atoms with Crippen molar-refractivity contribution in [1.29, 1.82) is 0 Å². The quantitative estimate of drug-likeness (QED) is 0.550. The van der Waals surface area contributed by atoms with Crippen molar-refractivity contribution in [1.82, 2.24) is 14.8 Å². The molecule has 0 saturated heterocycles. The van der Waals surface area contributed by atoms with Gasteiger partial charge in [0.05, 0.1) is 0 Å². The maximum atomic E-state index is 4.33. The van der Waals surface area contributed by atoms with E-state index in [0.29, 0.717) is 0 Å². The van der Waals surface area contributed by atoms with Gasteiger partial charge in [-0.1, -0.05) is 60.7 Å². The molecular weight excluding hydrogens is 258 g/mol. The van der Waals surface area contributed by atoms with Crippen molar-refractivity contribution < 1.29 is 0 Å². The molecule has 3 aromatic carbocycles. The third kappa shape index (κ3) is 1.99. The molecule has 0 amide bonds. The smallest absolute Gasteiger partial charge is 0.168 e. The average molecular weight is 271 g/mol. The van der Waals surface area contributed by atoms with E-state index in [1.807, 2.05) is 28.8 Å². The van der Waals surface area contributed by atoms with E-state index >= 15 is 0 Å². The van der Waals surface area contributed by atoms with Crippen molar-refractivity contribution in [3.05, 3.63) is 79.1 Å². The number of nitrogens with zero attached hydrogens (tertiary/aromatic N) is 3. The summed E-state index contributed by atoms with van der Waals surface area (Å²) in [5, 5.41) is 10.8. The molecule has 0 aliphatic heterocycles. The van der Waals surface area contributed by atoms with Crippen molar-refractivity contribution in [2.45, 2.75) is 0 Å². The Morgan fingerprint density at radius 3 is 2.38 bits per heavy atom. The van der Waals surface area contributed by atoms with Crippen LogP contribution in [-0.4, -0.2) is 14.8 Å². The Morgan fingerprint density at radius 1 is 0.714 bits per heavy atom. The summed E-state index contributed by atoms with van der Waals surface area (Å²) in [7, 11) is 0. The first kappa shape index (κ1) is 11.9. The summed E-state index contributed by atoms with van der Waals surface area (Å²) in [6.45, 7) is 0. The fraction of sp³-hybridized carbons (Fsp3) is 0. The highest BCUT2D eigenvalue weighted by Gasteiger charge is 2.11. The molecular formula is C18H13N3. The monoisotopic (exact) mass is 271 g/mol. The highest BCUT2D eigenvalue weighted by Crippen LogP contribution is 2.28. The van der Waals surface area contributed by atoms with Crippen LogP contribution in [0.4, 0.5) is 0 Å². The van der Waals surface area contributed by atoms with Crippen LogP contribution in [-0.2, 0) is 0 Å². The zero-order valence-corrected chi connectivity index (χ0v) is 11.3. The van der Waals surface area contributed by atoms with Crippen LogP contribution >= 0.6 is 0 Å². The Balaban J connectivity index is 1.97. The highest BCUT2D eigenvalue weighted by atomic mass is 15.3. The Labute approximate surface area is 122 Å². The van der Waals surface area contributed by atoms with Gasteiger partial charge in [-0.15, -0.1) is 10.2 Å². The highest BCUT2D eigenvalue weighted by molar-refractivity contribution is 5.95. The summed E-state index contributed by atoms with van der Waals surface area (Å²) in [5.74, 6) is 0.859. The lowest BCUT2D eigenvalue weighted by atomic mass is 10.0. The van der Waals surface area contributed by atoms with Crippen LogP contribution in [0.25, 0.3) is 27.8 Å². The molecule has 0 bridgehead atoms. The maximum Gasteiger partial charge on any atom is 0.168 e. The van der Waals surface area contributed by atoms with E-state index in [2.05, 4.69) is 58.7 Å². The van der Waals surface area contributed by atoms with E-state index in [0.717, 1.165) is 17.1 Å². The molecule has 0 aliphatic carbocycles. The number of benzene rings is 3. The minimum atomic E-state index is 0.859. The summed E-state index contributed by atoms with van der Waals surface area (Å²) < 4.78 is 2.02. The number of para-hydroxylation sites is 1. The zero-order valence-electron chi connectivity index (χ0n) is 11.3. The van der Waals surface area contributed by atoms with Gasteiger partial charge in [-0.25, -0.2) is 0 Å². The van der Waals surface area contributed by atoms with Crippen molar-refractivity contribution in [3.8, 4) is 17.1 Å². The van der Waals surface area contributed by atoms with Crippen molar-refractivity contribution in [2.75, 3.05) is 0 Å². The summed E-state index contributed by atoms with van der Waals surface area (Å²) in [6.07, 6.45) is 1.76. The Hall–Kier alpha value is -2.94. The minimum Gasteiger partial charge on any atom is -0.282 e. The van der Waals surface area contributed by atoms with E-state index in [4.69, 9.17) is 0 Å². The van der Waals surface area contributed by atoms with Crippen LogP contribution in [0, 0.1) is 0 Å². The van der Waals surface area contributed by atoms with E-state index in [9.17, 15) is 0 Å². The number of aromatic nitrogens is 3. The van der Waals surface area contributed by atoms with Gasteiger partial charge in [-0.05, 0) is 22.9 Å². The van der Waals surface area contributed by atoms with Gasteiger partial charge in [0.15, 0.2) is 5.82 Å². The largest absolute Gasteiger partial charge is 0.282 e. The summed E-state index contributed by atoms with van der Waals surface area (Å²) in [4.78, 5) is 0. The zero-order chi connectivity index (χ0) is 14.1. The molecule has 1 heterocycles. The second-order valence-electron chi connectivity index (χ2n) is 4.89. The lowest BCUT2D eigenvalue weighted by Crippen LogP contribution is -1.96. The second kappa shape index (κ2) is 4.87. The van der Waals surface area contributed by atoms with Crippen LogP contribution in [0.15, 0.2) is 79.1 Å². The predicted octanol–water partition coefficient (Wildman–Crippen LogP) is 4.09. The molecule has 0 aliphatic rings. The van der Waals surface area contributed by atoms with Crippen LogP contribution in [0.3, 0.4) is 0 Å². The Bertz CT molecular complexity index is 889. The Kier molecular flexibility index (Phi) is 2.75. The van der Waals surface area contributed by atoms with Crippen LogP contribution in [0.2, 0.25) is 0 Å². The second-order valence-corrected chi connectivity index (χ2v) is 4.89. The molecule has 0 unspecified atom stereocenters. The molecule has 1 aromatic heterocycles. The lowest BCUT2D eigenvalue weighted by Gasteiger charge is -2.09. The standard InChI is InChI=1S/C18H13N3/c1-2-9-15(10-3-1)21-13-19-20-18(21)17-12-6-8-14-7-4-5-11-16(14)17/h1-13H. The van der Waals surface area contributed by atoms with Gasteiger partial charge in [0.1, 0.15) is 6.33 Å². The lowest BCUT2D eigenvalue weighted by molar-refractivity contribution is 1.06. The predicted molar refractivity (Wildman–Crippen MR) is 84.3 cm³/mol. The molecule has 0 spiro atoms. The maximum absolute atomic E-state index is 4.33. The first-order valence-electron chi connectivity index (χ1n) is 6.87. The third-order valence-corrected chi connectivity index (χ3v) is 3.61. The van der Waals surface area contributed by atoms with Crippen LogP contribution < -0.4 is 0 Å². The van der Waals surface area contributed by atoms with E-state index in [1.54, 1.807) is 6.33 Å². The molecule has 0 fully saturated rings. The average Bonchev–Trinajstić information content (AvgIpc) is 3.04. The molecule has 0 N–H and O–H groups in total. The van der Waals surface area contributed by atoms with Crippen LogP contribution in [0.5, 0.6) is 0 Å². The number of fused-ring (bicyclic) bond motifs is 1. The van der Waals surface area contributed by atoms with Crippen molar-refractivity contribution in [3.63, 3.8) is 0 Å². The SMILES string of the molecule is c1ccc(-n2cnnc2-c2cccc3ccccc23)cc1. The van der Waals surface area contributed by atoms with Gasteiger partial charge in [-0.2, -0.15) is 0 Å². The molecule has 100 valence electrons. The number of rotatable bonds is 2. The van der Waals surface area contributed by atoms with Crippen LogP contribution in [0.1, 0.15) is 0 Å². The molecule has 3 nitrogen and oxygen atoms in total. The third-order valence-electron chi connectivity index (χ3n) is 3.61. The topological polar surface area (TPSA) is 30.7 Å². The minimum absolute atomic E-state index is 0.859. The van der Waals surface area contributed by atoms with E-state index in [1.165, 1.54) is 10.8 Å². The number of hydrogen-bond acceptors (Lipinski definition) is 2. The normalized spacial score (nSPS) is 10.9. The molecule has 21 heavy (non-hydrogen) atoms. The van der Waals surface area contributed by atoms with Crippen molar-refractivity contribution in [2.24, 2.45) is 0 Å². The van der Waals surface area contributed by atoms with Gasteiger partial charge in [0.25, 0.3) is 0 Å². The molecule has 0 saturated carbocycles. The number of hydrogen-bond donors (Lipinski definition) is 0. The van der Waals surface area contributed by atoms with Gasteiger partial charge in [0, 0.05) is 11.3 Å². The fourth-order valence-electron chi connectivity index (χ4n) is 2.62. The molecule has 0 radical (unpaired) electrons. The molecule has 4 rings (SSSR count). The molecule has 4 aromatic rings. The summed E-state index contributed by atoms with van der Waals surface area (Å²) in [6, 6.07) is 24.7. The molecule has 3 heteroatoms. The summed E-state index contributed by atoms with van der Waals surface area (Å²) in [5.41, 5.74) is 2.15. The van der Waals surface area contributed by atoms with Gasteiger partial charge >= 0.3 is 0 Å². The van der Waals surface area contributed by atoms with E-state index < -0.39 is 0 Å². The summed E-state index contributed by atoms with van der Waals surface area (Å²) >= 11 is 0. The van der Waals surface area contributed by atoms with Gasteiger partial charge in [-0.3, -0.25) is 4.57 Å². The fourth-order valence-corrected chi connectivity index (χ4v) is 2.62. The Morgan fingerprint density at radius 2 is 1.48 bits per heavy atom. The van der Waals surface area contributed by atoms with Crippen molar-refractivity contribution >= 4 is 10.8 Å². The van der Waals surface area contributed by atoms with Gasteiger partial charge in [0.2, 0.25) is 0 Å².